The summed E-state index contributed by atoms with van der Waals surface area (Å²) < 4.78 is 22.2. The lowest BCUT2D eigenvalue weighted by molar-refractivity contribution is -0.374. The quantitative estimate of drug-likeness (QED) is 0.0950. The van der Waals surface area contributed by atoms with Crippen molar-refractivity contribution in [2.45, 2.75) is 120 Å². The number of carboxylic acids is 3. The molecule has 5 N–H and O–H groups in total. The Balaban J connectivity index is 1.51. The van der Waals surface area contributed by atoms with Gasteiger partial charge in [0.25, 0.3) is 0 Å². The number of rotatable bonds is 20. The van der Waals surface area contributed by atoms with E-state index in [1.807, 2.05) is 68.5 Å². The highest BCUT2D eigenvalue weighted by atomic mass is 16.8. The summed E-state index contributed by atoms with van der Waals surface area (Å²) in [5.74, 6) is -10.8. The fraction of sp³-hybridized carbons (Fsp3) is 0.525. The molecule has 0 spiro atoms. The van der Waals surface area contributed by atoms with Crippen molar-refractivity contribution >= 4 is 29.8 Å². The van der Waals surface area contributed by atoms with Crippen molar-refractivity contribution in [2.75, 3.05) is 0 Å². The van der Waals surface area contributed by atoms with Crippen molar-refractivity contribution in [3.05, 3.63) is 83.9 Å². The van der Waals surface area contributed by atoms with Crippen molar-refractivity contribution in [1.29, 1.82) is 0 Å². The predicted molar refractivity (Wildman–Crippen MR) is 191 cm³/mol. The van der Waals surface area contributed by atoms with Crippen molar-refractivity contribution < 1.29 is 68.5 Å². The summed E-state index contributed by atoms with van der Waals surface area (Å²) >= 11 is 0. The van der Waals surface area contributed by atoms with Crippen LogP contribution in [0.1, 0.15) is 76.8 Å². The van der Waals surface area contributed by atoms with Crippen molar-refractivity contribution in [1.82, 2.24) is 0 Å². The summed E-state index contributed by atoms with van der Waals surface area (Å²) in [5, 5.41) is 53.7. The van der Waals surface area contributed by atoms with Gasteiger partial charge in [-0.15, -0.1) is 0 Å². The lowest BCUT2D eigenvalue weighted by Gasteiger charge is -2.48. The monoisotopic (exact) mass is 754 g/mol. The number of esters is 2. The van der Waals surface area contributed by atoms with Crippen LogP contribution < -0.4 is 0 Å². The van der Waals surface area contributed by atoms with Gasteiger partial charge in [-0.2, -0.15) is 0 Å². The maximum atomic E-state index is 13.2. The zero-order valence-corrected chi connectivity index (χ0v) is 30.7. The molecule has 2 heterocycles. The maximum Gasteiger partial charge on any atom is 0.344 e. The summed E-state index contributed by atoms with van der Waals surface area (Å²) in [5.41, 5.74) is -5.16. The fourth-order valence-electron chi connectivity index (χ4n) is 7.38. The van der Waals surface area contributed by atoms with Gasteiger partial charge in [-0.25, -0.2) is 14.4 Å². The number of carbonyl (C=O) groups is 5. The van der Waals surface area contributed by atoms with E-state index in [2.05, 4.69) is 12.1 Å². The van der Waals surface area contributed by atoms with E-state index in [1.54, 1.807) is 6.08 Å². The number of hydrogen-bond acceptors (Lipinski definition) is 11. The summed E-state index contributed by atoms with van der Waals surface area (Å²) in [6.45, 7) is 5.12. The first-order valence-corrected chi connectivity index (χ1v) is 18.2. The lowest BCUT2D eigenvalue weighted by atomic mass is 9.74. The van der Waals surface area contributed by atoms with Crippen LogP contribution in [0, 0.1) is 11.8 Å². The van der Waals surface area contributed by atoms with E-state index < -0.39 is 77.7 Å². The molecule has 2 aromatic rings. The molecule has 2 fully saturated rings. The second-order valence-corrected chi connectivity index (χ2v) is 14.2. The molecular weight excluding hydrogens is 704 g/mol. The van der Waals surface area contributed by atoms with E-state index in [0.717, 1.165) is 24.8 Å². The minimum absolute atomic E-state index is 0.0311. The second-order valence-electron chi connectivity index (χ2n) is 14.2. The Morgan fingerprint density at radius 2 is 1.52 bits per heavy atom. The zero-order chi connectivity index (χ0) is 39.7. The van der Waals surface area contributed by atoms with Crippen molar-refractivity contribution in [3.63, 3.8) is 0 Å². The molecule has 14 nitrogen and oxygen atoms in total. The smallest absolute Gasteiger partial charge is 0.344 e. The molecule has 2 bridgehead atoms. The number of aliphatic hydroxyl groups is 2. The molecule has 2 aliphatic heterocycles. The van der Waals surface area contributed by atoms with Crippen LogP contribution in [0.5, 0.6) is 0 Å². The minimum Gasteiger partial charge on any atom is -0.479 e. The Bertz CT molecular complexity index is 1650. The molecular formula is C40H50O14. The van der Waals surface area contributed by atoms with Gasteiger partial charge in [0.2, 0.25) is 23.1 Å². The van der Waals surface area contributed by atoms with Crippen LogP contribution in [0.4, 0.5) is 0 Å². The van der Waals surface area contributed by atoms with Crippen LogP contribution in [0.25, 0.3) is 0 Å². The number of aryl methyl sites for hydroxylation is 1. The molecule has 4 rings (SSSR count). The number of aliphatic hydroxyl groups excluding tert-OH is 1. The molecule has 0 amide bonds. The average molecular weight is 755 g/mol. The summed E-state index contributed by atoms with van der Waals surface area (Å²) in [7, 11) is 0. The van der Waals surface area contributed by atoms with Gasteiger partial charge >= 0.3 is 29.8 Å². The Hall–Kier alpha value is -4.63. The predicted octanol–water partition coefficient (Wildman–Crippen LogP) is 4.08. The third-order valence-corrected chi connectivity index (χ3v) is 10.2. The third-order valence-electron chi connectivity index (χ3n) is 10.2. The first-order valence-electron chi connectivity index (χ1n) is 18.2. The van der Waals surface area contributed by atoms with E-state index in [0.29, 0.717) is 6.42 Å². The van der Waals surface area contributed by atoms with E-state index in [1.165, 1.54) is 12.5 Å². The number of allylic oxidation sites excluding steroid dienone is 2. The first-order chi connectivity index (χ1) is 25.6. The molecule has 2 saturated heterocycles. The molecule has 9 atom stereocenters. The number of carbonyl (C=O) groups excluding carboxylic acids is 2. The number of carboxylic acid groups (broad SMARTS) is 3. The Labute approximate surface area is 313 Å². The molecule has 0 saturated carbocycles. The molecule has 54 heavy (non-hydrogen) atoms. The van der Waals surface area contributed by atoms with Gasteiger partial charge in [-0.3, -0.25) is 9.59 Å². The van der Waals surface area contributed by atoms with Gasteiger partial charge in [0.1, 0.15) is 12.2 Å². The molecule has 0 unspecified atom stereocenters. The van der Waals surface area contributed by atoms with Crippen LogP contribution in [-0.4, -0.2) is 96.8 Å². The molecule has 0 aromatic heterocycles. The maximum absolute atomic E-state index is 13.2. The zero-order valence-electron chi connectivity index (χ0n) is 30.7. The standard InChI is InChI=1S/C40H50O14/c1-25(15-12-20-28-16-6-4-7-17-28)14-10-11-22-31(42)52-33-32(43)38(53-34(35(44)45)39(50,36(46)47)40(33,54-38)37(48)49)23-13-21-30(51-27(3)41)26(2)24-29-18-8-5-9-19-29/h4-10,14,16-19,25-26,30,32-34,43,50H,11-13,15,20-24H2,1-3H3,(H,44,45)(H,46,47)(H,48,49)/b14-10+/t25-,26+,30+,32+,33+,34+,38-,39+,40-/m0/s1. The SMILES string of the molecule is CC(=O)O[C@H](CCC[C@]12O[C@H](C(=O)O)[C@@](O)(C(=O)O)[C@](C(=O)O)(O1)[C@H](OC(=O)CC/C=C/[C@H](C)CCCc1ccccc1)[C@H]2O)[C@H](C)Cc1ccccc1. The number of hydrogen-bond donors (Lipinski definition) is 5. The summed E-state index contributed by atoms with van der Waals surface area (Å²) in [6.07, 6.45) is -1.75. The Morgan fingerprint density at radius 1 is 0.889 bits per heavy atom. The molecule has 294 valence electrons. The average Bonchev–Trinajstić information content (AvgIpc) is 3.33. The van der Waals surface area contributed by atoms with Gasteiger partial charge in [0, 0.05) is 19.8 Å². The van der Waals surface area contributed by atoms with Crippen LogP contribution in [-0.2, 0) is 55.8 Å². The highest BCUT2D eigenvalue weighted by Gasteiger charge is 2.85. The number of benzene rings is 2. The van der Waals surface area contributed by atoms with Gasteiger partial charge in [0.15, 0.2) is 6.10 Å². The Kier molecular flexibility index (Phi) is 14.1. The molecule has 14 heteroatoms. The van der Waals surface area contributed by atoms with Gasteiger partial charge in [-0.05, 0) is 67.9 Å². The Morgan fingerprint density at radius 3 is 2.09 bits per heavy atom. The summed E-state index contributed by atoms with van der Waals surface area (Å²) in [4.78, 5) is 63.2. The van der Waals surface area contributed by atoms with Gasteiger partial charge in [-0.1, -0.05) is 86.7 Å². The number of aliphatic carboxylic acids is 3. The molecule has 0 radical (unpaired) electrons. The van der Waals surface area contributed by atoms with Gasteiger partial charge in [0.05, 0.1) is 0 Å². The molecule has 2 aliphatic rings. The third kappa shape index (κ3) is 9.17. The largest absolute Gasteiger partial charge is 0.479 e. The molecule has 2 aromatic carbocycles. The fourth-order valence-corrected chi connectivity index (χ4v) is 7.38. The number of fused-ring (bicyclic) bond motifs is 2. The van der Waals surface area contributed by atoms with E-state index >= 15 is 0 Å². The van der Waals surface area contributed by atoms with Crippen LogP contribution in [0.3, 0.4) is 0 Å². The van der Waals surface area contributed by atoms with Crippen LogP contribution in [0.15, 0.2) is 72.8 Å². The summed E-state index contributed by atoms with van der Waals surface area (Å²) in [6, 6.07) is 19.4. The van der Waals surface area contributed by atoms with E-state index in [4.69, 9.17) is 18.9 Å². The number of ether oxygens (including phenoxy) is 4. The second kappa shape index (κ2) is 18.1. The normalized spacial score (nSPS) is 27.8. The van der Waals surface area contributed by atoms with E-state index in [9.17, 15) is 49.5 Å². The van der Waals surface area contributed by atoms with Crippen LogP contribution in [0.2, 0.25) is 0 Å². The van der Waals surface area contributed by atoms with Crippen LogP contribution >= 0.6 is 0 Å². The first kappa shape index (κ1) is 42.1. The van der Waals surface area contributed by atoms with E-state index in [-0.39, 0.29) is 37.5 Å². The topological polar surface area (TPSA) is 223 Å². The highest BCUT2D eigenvalue weighted by Crippen LogP contribution is 2.55. The minimum atomic E-state index is -3.86. The highest BCUT2D eigenvalue weighted by molar-refractivity contribution is 5.98. The molecule has 0 aliphatic carbocycles. The van der Waals surface area contributed by atoms with Gasteiger partial charge < -0.3 is 44.5 Å². The van der Waals surface area contributed by atoms with Crippen molar-refractivity contribution in [2.24, 2.45) is 11.8 Å². The lowest BCUT2D eigenvalue weighted by Crippen LogP contribution is -2.78. The van der Waals surface area contributed by atoms with Crippen molar-refractivity contribution in [3.8, 4) is 0 Å².